The van der Waals surface area contributed by atoms with E-state index in [2.05, 4.69) is 20.6 Å². The maximum atomic E-state index is 13.7. The van der Waals surface area contributed by atoms with Gasteiger partial charge < -0.3 is 10.6 Å². The molecule has 3 aromatic rings. The molecule has 0 radical (unpaired) electrons. The van der Waals surface area contributed by atoms with Crippen LogP contribution in [0.5, 0.6) is 0 Å². The molecule has 0 saturated heterocycles. The van der Waals surface area contributed by atoms with Gasteiger partial charge in [-0.05, 0) is 67.3 Å². The predicted octanol–water partition coefficient (Wildman–Crippen LogP) is 4.34. The molecule has 4 rings (SSSR count). The fourth-order valence-corrected chi connectivity index (χ4v) is 4.53. The number of aromatic nitrogens is 2. The molecule has 1 aliphatic carbocycles. The quantitative estimate of drug-likeness (QED) is 0.469. The second-order valence-corrected chi connectivity index (χ2v) is 9.07. The molecule has 8 heteroatoms. The lowest BCUT2D eigenvalue weighted by Gasteiger charge is -2.32. The zero-order valence-corrected chi connectivity index (χ0v) is 20.4. The van der Waals surface area contributed by atoms with Crippen molar-refractivity contribution in [3.63, 3.8) is 0 Å². The summed E-state index contributed by atoms with van der Waals surface area (Å²) in [6.45, 7) is 1.94. The minimum atomic E-state index is -0.885. The van der Waals surface area contributed by atoms with Crippen LogP contribution in [0.1, 0.15) is 55.7 Å². The van der Waals surface area contributed by atoms with E-state index in [0.29, 0.717) is 16.9 Å². The predicted molar refractivity (Wildman–Crippen MR) is 138 cm³/mol. The first-order valence-electron chi connectivity index (χ1n) is 12.3. The molecular formula is C28H31N5O3. The maximum Gasteiger partial charge on any atom is 0.248 e. The summed E-state index contributed by atoms with van der Waals surface area (Å²) in [4.78, 5) is 49.5. The summed E-state index contributed by atoms with van der Waals surface area (Å²) in [6.07, 6.45) is 10.3. The van der Waals surface area contributed by atoms with Gasteiger partial charge in [-0.2, -0.15) is 0 Å². The van der Waals surface area contributed by atoms with Gasteiger partial charge in [-0.25, -0.2) is 0 Å². The molecule has 186 valence electrons. The number of rotatable bonds is 9. The Morgan fingerprint density at radius 2 is 1.75 bits per heavy atom. The van der Waals surface area contributed by atoms with Crippen molar-refractivity contribution in [3.8, 4) is 0 Å². The summed E-state index contributed by atoms with van der Waals surface area (Å²) in [5.74, 6) is -0.843. The first kappa shape index (κ1) is 25.0. The lowest BCUT2D eigenvalue weighted by Crippen LogP contribution is -2.46. The second kappa shape index (κ2) is 12.1. The lowest BCUT2D eigenvalue weighted by molar-refractivity contribution is -0.127. The van der Waals surface area contributed by atoms with E-state index in [-0.39, 0.29) is 36.6 Å². The average molecular weight is 486 g/mol. The SMILES string of the molecule is Cc1cccc(N(C(=O)CCC(=O)Nc2cccnc2)[C@@H](C(=O)NC2CCCC2)c2ccncc2)c1. The van der Waals surface area contributed by atoms with E-state index < -0.39 is 6.04 Å². The van der Waals surface area contributed by atoms with Crippen molar-refractivity contribution in [2.75, 3.05) is 10.2 Å². The smallest absolute Gasteiger partial charge is 0.248 e. The lowest BCUT2D eigenvalue weighted by atomic mass is 10.0. The number of pyridine rings is 2. The summed E-state index contributed by atoms with van der Waals surface area (Å²) >= 11 is 0. The maximum absolute atomic E-state index is 13.7. The van der Waals surface area contributed by atoms with Gasteiger partial charge in [0, 0.05) is 43.2 Å². The third kappa shape index (κ3) is 6.53. The normalized spacial score (nSPS) is 14.1. The van der Waals surface area contributed by atoms with Crippen molar-refractivity contribution in [2.24, 2.45) is 0 Å². The Labute approximate surface area is 211 Å². The van der Waals surface area contributed by atoms with Crippen molar-refractivity contribution in [1.82, 2.24) is 15.3 Å². The summed E-state index contributed by atoms with van der Waals surface area (Å²) in [6, 6.07) is 13.7. The first-order chi connectivity index (χ1) is 17.5. The van der Waals surface area contributed by atoms with Crippen LogP contribution in [0.3, 0.4) is 0 Å². The van der Waals surface area contributed by atoms with Gasteiger partial charge >= 0.3 is 0 Å². The van der Waals surface area contributed by atoms with E-state index in [9.17, 15) is 14.4 Å². The van der Waals surface area contributed by atoms with Gasteiger partial charge in [-0.3, -0.25) is 29.3 Å². The third-order valence-corrected chi connectivity index (χ3v) is 6.29. The van der Waals surface area contributed by atoms with Crippen molar-refractivity contribution < 1.29 is 14.4 Å². The molecule has 1 saturated carbocycles. The topological polar surface area (TPSA) is 104 Å². The second-order valence-electron chi connectivity index (χ2n) is 9.07. The highest BCUT2D eigenvalue weighted by Crippen LogP contribution is 2.30. The molecule has 8 nitrogen and oxygen atoms in total. The van der Waals surface area contributed by atoms with Gasteiger partial charge in [0.2, 0.25) is 17.7 Å². The Morgan fingerprint density at radius 1 is 0.972 bits per heavy atom. The van der Waals surface area contributed by atoms with Crippen LogP contribution >= 0.6 is 0 Å². The third-order valence-electron chi connectivity index (χ3n) is 6.29. The number of hydrogen-bond donors (Lipinski definition) is 2. The van der Waals surface area contributed by atoms with Crippen LogP contribution in [0, 0.1) is 6.92 Å². The number of carbonyl (C=O) groups is 3. The molecule has 2 heterocycles. The Morgan fingerprint density at radius 3 is 2.44 bits per heavy atom. The summed E-state index contributed by atoms with van der Waals surface area (Å²) < 4.78 is 0. The number of hydrogen-bond acceptors (Lipinski definition) is 5. The highest BCUT2D eigenvalue weighted by atomic mass is 16.2. The van der Waals surface area contributed by atoms with Crippen molar-refractivity contribution in [3.05, 3.63) is 84.4 Å². The number of amides is 3. The zero-order valence-electron chi connectivity index (χ0n) is 20.4. The Balaban J connectivity index is 1.60. The van der Waals surface area contributed by atoms with Crippen molar-refractivity contribution in [1.29, 1.82) is 0 Å². The molecule has 36 heavy (non-hydrogen) atoms. The molecule has 2 aromatic heterocycles. The molecule has 0 spiro atoms. The fraction of sp³-hybridized carbons (Fsp3) is 0.321. The van der Waals surface area contributed by atoms with E-state index >= 15 is 0 Å². The van der Waals surface area contributed by atoms with Crippen LogP contribution in [-0.2, 0) is 14.4 Å². The summed E-state index contributed by atoms with van der Waals surface area (Å²) in [5.41, 5.74) is 2.80. The van der Waals surface area contributed by atoms with Gasteiger partial charge in [-0.15, -0.1) is 0 Å². The number of anilines is 2. The van der Waals surface area contributed by atoms with E-state index in [0.717, 1.165) is 31.2 Å². The molecule has 0 aliphatic heterocycles. The van der Waals surface area contributed by atoms with Crippen LogP contribution in [0.4, 0.5) is 11.4 Å². The Kier molecular flexibility index (Phi) is 8.39. The van der Waals surface area contributed by atoms with Crippen LogP contribution in [0.25, 0.3) is 0 Å². The van der Waals surface area contributed by atoms with Crippen molar-refractivity contribution in [2.45, 2.75) is 57.5 Å². The van der Waals surface area contributed by atoms with Crippen LogP contribution < -0.4 is 15.5 Å². The molecule has 1 aliphatic rings. The minimum Gasteiger partial charge on any atom is -0.351 e. The van der Waals surface area contributed by atoms with Crippen LogP contribution in [-0.4, -0.2) is 33.7 Å². The molecule has 1 atom stereocenters. The van der Waals surface area contributed by atoms with Crippen LogP contribution in [0.15, 0.2) is 73.3 Å². The number of nitrogens with one attached hydrogen (secondary N) is 2. The first-order valence-corrected chi connectivity index (χ1v) is 12.3. The molecule has 1 fully saturated rings. The van der Waals surface area contributed by atoms with E-state index in [1.807, 2.05) is 31.2 Å². The molecule has 1 aromatic carbocycles. The highest BCUT2D eigenvalue weighted by molar-refractivity contribution is 6.03. The van der Waals surface area contributed by atoms with Crippen LogP contribution in [0.2, 0.25) is 0 Å². The van der Waals surface area contributed by atoms with Gasteiger partial charge in [0.15, 0.2) is 0 Å². The van der Waals surface area contributed by atoms with Gasteiger partial charge in [0.05, 0.1) is 11.9 Å². The summed E-state index contributed by atoms with van der Waals surface area (Å²) in [7, 11) is 0. The molecule has 0 unspecified atom stereocenters. The largest absolute Gasteiger partial charge is 0.351 e. The van der Waals surface area contributed by atoms with E-state index in [1.165, 1.54) is 4.90 Å². The Bertz CT molecular complexity index is 1180. The summed E-state index contributed by atoms with van der Waals surface area (Å²) in [5, 5.41) is 5.91. The number of nitrogens with zero attached hydrogens (tertiary/aromatic N) is 3. The number of benzene rings is 1. The molecule has 3 amide bonds. The minimum absolute atomic E-state index is 0.0245. The average Bonchev–Trinajstić information content (AvgIpc) is 3.40. The van der Waals surface area contributed by atoms with Gasteiger partial charge in [0.1, 0.15) is 6.04 Å². The number of carbonyl (C=O) groups excluding carboxylic acids is 3. The van der Waals surface area contributed by atoms with E-state index in [1.54, 1.807) is 49.1 Å². The van der Waals surface area contributed by atoms with Gasteiger partial charge in [0.25, 0.3) is 0 Å². The molecule has 2 N–H and O–H groups in total. The molecular weight excluding hydrogens is 454 g/mol. The standard InChI is InChI=1S/C28H31N5O3/c1-20-6-4-10-24(18-20)33(26(35)12-11-25(34)31-23-9-5-15-30-19-23)27(21-13-16-29-17-14-21)28(36)32-22-7-2-3-8-22/h4-6,9-10,13-19,22,27H,2-3,7-8,11-12H2,1H3,(H,31,34)(H,32,36)/t27-/m1/s1. The molecule has 0 bridgehead atoms. The van der Waals surface area contributed by atoms with Crippen molar-refractivity contribution >= 4 is 29.1 Å². The monoisotopic (exact) mass is 485 g/mol. The number of aryl methyl sites for hydroxylation is 1. The van der Waals surface area contributed by atoms with E-state index in [4.69, 9.17) is 0 Å². The Hall–Kier alpha value is -4.07. The van der Waals surface area contributed by atoms with Gasteiger partial charge in [-0.1, -0.05) is 25.0 Å². The zero-order chi connectivity index (χ0) is 25.3. The highest BCUT2D eigenvalue weighted by Gasteiger charge is 2.34. The fourth-order valence-electron chi connectivity index (χ4n) is 4.53.